The Bertz CT molecular complexity index is 1140. The number of methoxy groups -OCH3 is 2. The van der Waals surface area contributed by atoms with Crippen LogP contribution in [0.2, 0.25) is 0 Å². The molecule has 0 spiro atoms. The van der Waals surface area contributed by atoms with Gasteiger partial charge >= 0.3 is 5.97 Å². The lowest BCUT2D eigenvalue weighted by atomic mass is 10.0. The van der Waals surface area contributed by atoms with Crippen molar-refractivity contribution in [3.05, 3.63) is 57.0 Å². The van der Waals surface area contributed by atoms with Crippen LogP contribution < -0.4 is 14.9 Å². The minimum Gasteiger partial charge on any atom is -0.493 e. The number of aromatic nitrogens is 1. The van der Waals surface area contributed by atoms with Crippen molar-refractivity contribution in [2.75, 3.05) is 33.7 Å². The van der Waals surface area contributed by atoms with E-state index in [1.54, 1.807) is 29.4 Å². The van der Waals surface area contributed by atoms with Crippen LogP contribution in [0, 0.1) is 6.92 Å². The van der Waals surface area contributed by atoms with Crippen LogP contribution in [0.15, 0.2) is 45.4 Å². The van der Waals surface area contributed by atoms with Crippen molar-refractivity contribution in [2.24, 2.45) is 4.99 Å². The van der Waals surface area contributed by atoms with Gasteiger partial charge in [0.1, 0.15) is 22.2 Å². The number of carbonyl (C=O) groups excluding carboxylic acids is 1. The third kappa shape index (κ3) is 5.79. The predicted molar refractivity (Wildman–Crippen MR) is 130 cm³/mol. The summed E-state index contributed by atoms with van der Waals surface area (Å²) in [6.45, 7) is 3.00. The van der Waals surface area contributed by atoms with Crippen LogP contribution in [-0.2, 0) is 9.47 Å². The van der Waals surface area contributed by atoms with Crippen LogP contribution in [0.1, 0.15) is 28.6 Å². The molecule has 0 unspecified atom stereocenters. The summed E-state index contributed by atoms with van der Waals surface area (Å²) in [7, 11) is 2.87. The molecule has 33 heavy (non-hydrogen) atoms. The monoisotopic (exact) mass is 492 g/mol. The number of carbonyl (C=O) groups is 1. The van der Waals surface area contributed by atoms with Gasteiger partial charge in [-0.3, -0.25) is 4.79 Å². The van der Waals surface area contributed by atoms with Gasteiger partial charge in [-0.2, -0.15) is 0 Å². The van der Waals surface area contributed by atoms with Gasteiger partial charge in [0.25, 0.3) is 0 Å². The summed E-state index contributed by atoms with van der Waals surface area (Å²) in [4.78, 5) is 28.9. The van der Waals surface area contributed by atoms with E-state index in [9.17, 15) is 9.59 Å². The number of esters is 1. The first kappa shape index (κ1) is 24.9. The number of ether oxygens (including phenoxy) is 4. The van der Waals surface area contributed by atoms with Crippen molar-refractivity contribution in [1.82, 2.24) is 4.57 Å². The minimum absolute atomic E-state index is 0.106. The average molecular weight is 493 g/mol. The Morgan fingerprint density at radius 2 is 2.09 bits per heavy atom. The first-order valence-electron chi connectivity index (χ1n) is 10.1. The van der Waals surface area contributed by atoms with E-state index in [2.05, 4.69) is 4.99 Å². The first-order chi connectivity index (χ1) is 15.9. The number of nitrogens with zero attached hydrogens (tertiary/aromatic N) is 2. The summed E-state index contributed by atoms with van der Waals surface area (Å²) in [5, 5.41) is 0.199. The fourth-order valence-electron chi connectivity index (χ4n) is 3.31. The lowest BCUT2D eigenvalue weighted by molar-refractivity contribution is 0.0597. The molecule has 10 heteroatoms. The molecule has 0 saturated heterocycles. The maximum atomic E-state index is 12.7. The van der Waals surface area contributed by atoms with E-state index in [0.29, 0.717) is 36.0 Å². The van der Waals surface area contributed by atoms with Crippen LogP contribution >= 0.6 is 23.4 Å². The molecular weight excluding hydrogens is 468 g/mol. The normalized spacial score (nSPS) is 15.1. The number of benzene rings is 1. The Labute approximate surface area is 201 Å². The van der Waals surface area contributed by atoms with Crippen molar-refractivity contribution in [2.45, 2.75) is 19.6 Å². The van der Waals surface area contributed by atoms with E-state index in [1.165, 1.54) is 31.1 Å². The number of hydrogen-bond acceptors (Lipinski definition) is 8. The number of pyridine rings is 1. The molecule has 1 aliphatic heterocycles. The molecule has 0 bridgehead atoms. The van der Waals surface area contributed by atoms with Gasteiger partial charge in [-0.1, -0.05) is 11.6 Å². The summed E-state index contributed by atoms with van der Waals surface area (Å²) in [6.07, 6.45) is 4.86. The van der Waals surface area contributed by atoms with Gasteiger partial charge in [0.15, 0.2) is 11.7 Å². The molecule has 3 rings (SSSR count). The molecule has 176 valence electrons. The largest absolute Gasteiger partial charge is 0.493 e. The fourth-order valence-corrected chi connectivity index (χ4v) is 3.75. The lowest BCUT2D eigenvalue weighted by Gasteiger charge is -2.30. The molecule has 0 N–H and O–H groups in total. The molecule has 0 aliphatic carbocycles. The fraction of sp³-hybridized carbons (Fsp3) is 0.348. The molecule has 1 aromatic carbocycles. The van der Waals surface area contributed by atoms with Gasteiger partial charge in [0.05, 0.1) is 25.0 Å². The van der Waals surface area contributed by atoms with E-state index >= 15 is 0 Å². The van der Waals surface area contributed by atoms with E-state index in [0.717, 1.165) is 12.0 Å². The summed E-state index contributed by atoms with van der Waals surface area (Å²) >= 11 is 7.67. The van der Waals surface area contributed by atoms with Crippen LogP contribution in [0.4, 0.5) is 0 Å². The third-order valence-corrected chi connectivity index (χ3v) is 5.41. The van der Waals surface area contributed by atoms with Gasteiger partial charge in [0, 0.05) is 50.1 Å². The number of thioether (sulfide) groups is 1. The maximum absolute atomic E-state index is 12.7. The van der Waals surface area contributed by atoms with Crippen molar-refractivity contribution < 1.29 is 23.7 Å². The molecule has 1 aliphatic rings. The number of aryl methyl sites for hydroxylation is 1. The Morgan fingerprint density at radius 3 is 2.79 bits per heavy atom. The zero-order valence-electron chi connectivity index (χ0n) is 18.8. The quantitative estimate of drug-likeness (QED) is 0.169. The molecule has 8 nitrogen and oxygen atoms in total. The SMILES string of the molecule is COCCCOc1cc2c(cc1C)-c1cc(=O)c(C(=O)OC)cn1[C@@H](/C=C(\Cl)N=CSC)O2. The summed E-state index contributed by atoms with van der Waals surface area (Å²) in [5.41, 5.74) is 3.18. The van der Waals surface area contributed by atoms with Gasteiger partial charge in [-0.25, -0.2) is 9.79 Å². The average Bonchev–Trinajstić information content (AvgIpc) is 2.80. The molecule has 2 aromatic rings. The Morgan fingerprint density at radius 1 is 1.30 bits per heavy atom. The minimum atomic E-state index is -0.757. The van der Waals surface area contributed by atoms with Crippen LogP contribution in [0.3, 0.4) is 0 Å². The van der Waals surface area contributed by atoms with Gasteiger partial charge in [-0.05, 0) is 24.8 Å². The van der Waals surface area contributed by atoms with Gasteiger partial charge < -0.3 is 23.5 Å². The van der Waals surface area contributed by atoms with Gasteiger partial charge in [-0.15, -0.1) is 11.8 Å². The number of halogens is 1. The lowest BCUT2D eigenvalue weighted by Crippen LogP contribution is -2.26. The molecule has 0 saturated carbocycles. The summed E-state index contributed by atoms with van der Waals surface area (Å²) in [5.74, 6) is 0.458. The van der Waals surface area contributed by atoms with Crippen molar-refractivity contribution in [1.29, 1.82) is 0 Å². The van der Waals surface area contributed by atoms with E-state index in [1.807, 2.05) is 19.2 Å². The van der Waals surface area contributed by atoms with E-state index in [-0.39, 0.29) is 10.7 Å². The zero-order chi connectivity index (χ0) is 24.0. The van der Waals surface area contributed by atoms with E-state index < -0.39 is 17.6 Å². The Kier molecular flexibility index (Phi) is 8.60. The second-order valence-electron chi connectivity index (χ2n) is 7.11. The highest BCUT2D eigenvalue weighted by atomic mass is 35.5. The van der Waals surface area contributed by atoms with E-state index in [4.69, 9.17) is 30.5 Å². The molecule has 2 heterocycles. The maximum Gasteiger partial charge on any atom is 0.343 e. The molecule has 0 radical (unpaired) electrons. The molecule has 1 aromatic heterocycles. The highest BCUT2D eigenvalue weighted by molar-refractivity contribution is 8.11. The van der Waals surface area contributed by atoms with Crippen molar-refractivity contribution in [3.63, 3.8) is 0 Å². The predicted octanol–water partition coefficient (Wildman–Crippen LogP) is 4.39. The standard InChI is InChI=1S/C23H25ClN2O6S/c1-14-8-15-17-9-18(27)16(23(28)30-3)12-26(17)22(11-21(24)25-13-33-4)32-20(15)10-19(14)31-7-5-6-29-2/h8-13,22H,5-7H2,1-4H3/b21-11+,25-13?/t22-/m1/s1. The highest BCUT2D eigenvalue weighted by Gasteiger charge is 2.28. The molecule has 0 fully saturated rings. The van der Waals surface area contributed by atoms with Crippen LogP contribution in [0.25, 0.3) is 11.3 Å². The second kappa shape index (κ2) is 11.4. The van der Waals surface area contributed by atoms with Gasteiger partial charge in [0.2, 0.25) is 0 Å². The van der Waals surface area contributed by atoms with Crippen molar-refractivity contribution in [3.8, 4) is 22.8 Å². The smallest absolute Gasteiger partial charge is 0.343 e. The topological polar surface area (TPSA) is 88.3 Å². The Hall–Kier alpha value is -2.75. The molecular formula is C23H25ClN2O6S. The van der Waals surface area contributed by atoms with Crippen LogP contribution in [0.5, 0.6) is 11.5 Å². The number of rotatable bonds is 9. The number of fused-ring (bicyclic) bond motifs is 3. The highest BCUT2D eigenvalue weighted by Crippen LogP contribution is 2.42. The summed E-state index contributed by atoms with van der Waals surface area (Å²) in [6, 6.07) is 5.07. The first-order valence-corrected chi connectivity index (χ1v) is 11.8. The Balaban J connectivity index is 2.10. The zero-order valence-corrected chi connectivity index (χ0v) is 20.4. The molecule has 1 atom stereocenters. The van der Waals surface area contributed by atoms with Crippen molar-refractivity contribution >= 4 is 34.9 Å². The van der Waals surface area contributed by atoms with Crippen LogP contribution in [-0.4, -0.2) is 49.8 Å². The second-order valence-corrected chi connectivity index (χ2v) is 8.18. The number of aliphatic imine (C=N–C) groups is 1. The molecule has 0 amide bonds. The summed E-state index contributed by atoms with van der Waals surface area (Å²) < 4.78 is 23.6. The third-order valence-electron chi connectivity index (χ3n) is 4.87. The number of hydrogen-bond donors (Lipinski definition) is 0.